The lowest BCUT2D eigenvalue weighted by Gasteiger charge is -2.33. The zero-order valence-electron chi connectivity index (χ0n) is 15.4. The molecule has 0 aliphatic carbocycles. The smallest absolute Gasteiger partial charge is 0.150 e. The average molecular weight is 386 g/mol. The van der Waals surface area contributed by atoms with Crippen molar-refractivity contribution >= 4 is 28.8 Å². The number of thioether (sulfide) groups is 1. The van der Waals surface area contributed by atoms with Gasteiger partial charge in [0.2, 0.25) is 0 Å². The zero-order valence-corrected chi connectivity index (χ0v) is 16.2. The maximum atomic E-state index is 14.4. The average Bonchev–Trinajstić information content (AvgIpc) is 2.85. The van der Waals surface area contributed by atoms with Crippen molar-refractivity contribution in [3.05, 3.63) is 41.7 Å². The minimum absolute atomic E-state index is 0.299. The topological polar surface area (TPSA) is 36.5 Å². The maximum absolute atomic E-state index is 14.4. The normalized spacial score (nSPS) is 23.4. The highest BCUT2D eigenvalue weighted by atomic mass is 32.2. The number of rotatable bonds is 3. The molecule has 27 heavy (non-hydrogen) atoms. The predicted octanol–water partition coefficient (Wildman–Crippen LogP) is 4.34. The number of piperidine rings is 1. The summed E-state index contributed by atoms with van der Waals surface area (Å²) in [5.41, 5.74) is 4.29. The first-order chi connectivity index (χ1) is 13.2. The molecule has 3 aliphatic heterocycles. The van der Waals surface area contributed by atoms with E-state index < -0.39 is 0 Å². The van der Waals surface area contributed by atoms with Gasteiger partial charge in [-0.1, -0.05) is 0 Å². The van der Waals surface area contributed by atoms with Crippen molar-refractivity contribution in [1.82, 2.24) is 5.32 Å². The highest BCUT2D eigenvalue weighted by Crippen LogP contribution is 2.51. The van der Waals surface area contributed by atoms with Gasteiger partial charge in [-0.05, 0) is 55.0 Å². The number of nitrogens with one attached hydrogen (secondary N) is 2. The maximum Gasteiger partial charge on any atom is 0.150 e. The van der Waals surface area contributed by atoms with E-state index in [9.17, 15) is 4.39 Å². The highest BCUT2D eigenvalue weighted by Gasteiger charge is 2.41. The van der Waals surface area contributed by atoms with E-state index in [1.54, 1.807) is 19.2 Å². The third-order valence-corrected chi connectivity index (χ3v) is 7.01. The Balaban J connectivity index is 1.54. The van der Waals surface area contributed by atoms with Gasteiger partial charge in [-0.15, -0.1) is 11.8 Å². The summed E-state index contributed by atoms with van der Waals surface area (Å²) < 4.78 is 19.5. The molecule has 3 aliphatic rings. The van der Waals surface area contributed by atoms with Crippen LogP contribution in [0.4, 0.5) is 21.5 Å². The summed E-state index contributed by atoms with van der Waals surface area (Å²) in [5.74, 6) is 1.89. The van der Waals surface area contributed by atoms with Crippen molar-refractivity contribution in [3.63, 3.8) is 0 Å². The first-order valence-corrected chi connectivity index (χ1v) is 10.6. The third-order valence-electron chi connectivity index (χ3n) is 5.89. The lowest BCUT2D eigenvalue weighted by Crippen LogP contribution is -2.44. The van der Waals surface area contributed by atoms with Gasteiger partial charge in [-0.3, -0.25) is 0 Å². The Kier molecular flexibility index (Phi) is 4.40. The molecule has 2 N–H and O–H groups in total. The molecule has 0 bridgehead atoms. The molecule has 0 radical (unpaired) electrons. The van der Waals surface area contributed by atoms with Crippen molar-refractivity contribution < 1.29 is 9.13 Å². The van der Waals surface area contributed by atoms with Crippen LogP contribution in [0.3, 0.4) is 0 Å². The summed E-state index contributed by atoms with van der Waals surface area (Å²) in [6.45, 7) is 3.27. The van der Waals surface area contributed by atoms with E-state index in [0.29, 0.717) is 23.4 Å². The Hall–Kier alpha value is -1.92. The molecule has 142 valence electrons. The van der Waals surface area contributed by atoms with Crippen LogP contribution in [0.5, 0.6) is 5.75 Å². The van der Waals surface area contributed by atoms with E-state index in [1.807, 2.05) is 11.8 Å². The molecule has 4 nitrogen and oxygen atoms in total. The number of halogens is 1. The van der Waals surface area contributed by atoms with Crippen molar-refractivity contribution in [2.24, 2.45) is 0 Å². The molecule has 2 aromatic rings. The Labute approximate surface area is 163 Å². The van der Waals surface area contributed by atoms with Crippen LogP contribution < -0.4 is 20.3 Å². The lowest BCUT2D eigenvalue weighted by atomic mass is 9.90. The fourth-order valence-electron chi connectivity index (χ4n) is 4.68. The zero-order chi connectivity index (χ0) is 18.4. The van der Waals surface area contributed by atoms with Gasteiger partial charge >= 0.3 is 0 Å². The third kappa shape index (κ3) is 2.95. The molecular formula is C21H24FN3OS. The molecule has 0 spiro atoms. The van der Waals surface area contributed by atoms with Crippen molar-refractivity contribution in [2.75, 3.05) is 42.7 Å². The second kappa shape index (κ2) is 6.91. The Morgan fingerprint density at radius 2 is 2.22 bits per heavy atom. The highest BCUT2D eigenvalue weighted by molar-refractivity contribution is 7.99. The molecule has 1 saturated heterocycles. The first kappa shape index (κ1) is 17.2. The van der Waals surface area contributed by atoms with E-state index in [4.69, 9.17) is 4.74 Å². The Bertz CT molecular complexity index is 875. The molecule has 1 fully saturated rings. The Morgan fingerprint density at radius 3 is 3.07 bits per heavy atom. The van der Waals surface area contributed by atoms with Gasteiger partial charge in [0.25, 0.3) is 0 Å². The number of ether oxygens (including phenoxy) is 1. The molecule has 2 atom stereocenters. The molecule has 5 rings (SSSR count). The number of anilines is 3. The van der Waals surface area contributed by atoms with Crippen molar-refractivity contribution in [3.8, 4) is 5.75 Å². The van der Waals surface area contributed by atoms with Gasteiger partial charge < -0.3 is 20.3 Å². The van der Waals surface area contributed by atoms with Gasteiger partial charge in [-0.25, -0.2) is 4.39 Å². The predicted molar refractivity (Wildman–Crippen MR) is 109 cm³/mol. The second-order valence-electron chi connectivity index (χ2n) is 7.45. The number of hydrogen-bond donors (Lipinski definition) is 2. The molecule has 0 saturated carbocycles. The van der Waals surface area contributed by atoms with Gasteiger partial charge in [0.15, 0.2) is 0 Å². The van der Waals surface area contributed by atoms with Gasteiger partial charge in [0.1, 0.15) is 11.6 Å². The van der Waals surface area contributed by atoms with Gasteiger partial charge in [-0.2, -0.15) is 0 Å². The second-order valence-corrected chi connectivity index (χ2v) is 8.58. The van der Waals surface area contributed by atoms with E-state index in [1.165, 1.54) is 35.1 Å². The fourth-order valence-corrected chi connectivity index (χ4v) is 5.75. The van der Waals surface area contributed by atoms with Crippen LogP contribution >= 0.6 is 11.8 Å². The molecule has 3 heterocycles. The van der Waals surface area contributed by atoms with Crippen LogP contribution in [-0.2, 0) is 0 Å². The number of hydrogen-bond acceptors (Lipinski definition) is 5. The van der Waals surface area contributed by atoms with E-state index in [-0.39, 0.29) is 5.82 Å². The summed E-state index contributed by atoms with van der Waals surface area (Å²) >= 11 is 1.93. The molecule has 0 amide bonds. The lowest BCUT2D eigenvalue weighted by molar-refractivity contribution is 0.403. The Morgan fingerprint density at radius 1 is 1.30 bits per heavy atom. The van der Waals surface area contributed by atoms with Crippen LogP contribution in [0.2, 0.25) is 0 Å². The molecule has 0 aromatic heterocycles. The number of benzene rings is 2. The molecule has 0 unspecified atom stereocenters. The van der Waals surface area contributed by atoms with Crippen LogP contribution in [0, 0.1) is 5.82 Å². The summed E-state index contributed by atoms with van der Waals surface area (Å²) in [4.78, 5) is 3.98. The molecule has 6 heteroatoms. The minimum Gasteiger partial charge on any atom is -0.497 e. The fraction of sp³-hybridized carbons (Fsp3) is 0.429. The summed E-state index contributed by atoms with van der Waals surface area (Å²) in [6, 6.07) is 9.97. The van der Waals surface area contributed by atoms with E-state index >= 15 is 0 Å². The number of methoxy groups -OCH3 is 1. The quantitative estimate of drug-likeness (QED) is 0.822. The minimum atomic E-state index is -0.299. The summed E-state index contributed by atoms with van der Waals surface area (Å²) in [7, 11) is 1.55. The molecular weight excluding hydrogens is 361 g/mol. The molecule has 2 aromatic carbocycles. The first-order valence-electron chi connectivity index (χ1n) is 9.63. The monoisotopic (exact) mass is 385 g/mol. The summed E-state index contributed by atoms with van der Waals surface area (Å²) in [6.07, 6.45) is 2.41. The number of nitrogens with zero attached hydrogens (tertiary/aromatic N) is 1. The van der Waals surface area contributed by atoms with Crippen LogP contribution in [0.25, 0.3) is 0 Å². The number of fused-ring (bicyclic) bond motifs is 3. The van der Waals surface area contributed by atoms with Crippen molar-refractivity contribution in [1.29, 1.82) is 0 Å². The summed E-state index contributed by atoms with van der Waals surface area (Å²) in [5, 5.41) is 6.86. The van der Waals surface area contributed by atoms with E-state index in [2.05, 4.69) is 27.7 Å². The van der Waals surface area contributed by atoms with E-state index in [0.717, 1.165) is 31.1 Å². The van der Waals surface area contributed by atoms with Gasteiger partial charge in [0.05, 0.1) is 18.5 Å². The van der Waals surface area contributed by atoms with Crippen LogP contribution in [0.15, 0.2) is 35.2 Å². The van der Waals surface area contributed by atoms with Crippen molar-refractivity contribution in [2.45, 2.75) is 29.7 Å². The van der Waals surface area contributed by atoms with Crippen LogP contribution in [-0.4, -0.2) is 38.5 Å². The van der Waals surface area contributed by atoms with Crippen LogP contribution in [0.1, 0.15) is 24.3 Å². The van der Waals surface area contributed by atoms with Gasteiger partial charge in [0, 0.05) is 41.7 Å². The SMILES string of the molecule is COc1ccc(Nc2cc3c4c(c2)[C@@H]2CNCC[C@@H]2N4CCCS3)c(F)c1. The standard InChI is InChI=1S/C21H24FN3OS/c1-26-14-3-4-18(17(22)11-14)24-13-9-15-16-12-23-6-5-19(16)25-7-2-8-27-20(10-13)21(15)25/h3-4,9-11,16,19,23-24H,2,5-8,12H2,1H3/t16-,19-/m0/s1. The largest absolute Gasteiger partial charge is 0.497 e.